The van der Waals surface area contributed by atoms with Crippen LogP contribution in [0.4, 0.5) is 0 Å². The van der Waals surface area contributed by atoms with E-state index in [-0.39, 0.29) is 0 Å². The maximum absolute atomic E-state index is 5.35. The molecule has 4 heterocycles. The molecule has 13 aromatic rings. The van der Waals surface area contributed by atoms with Gasteiger partial charge >= 0.3 is 0 Å². The third-order valence-corrected chi connectivity index (χ3v) is 12.6. The molecule has 5 nitrogen and oxygen atoms in total. The number of rotatable bonds is 5. The van der Waals surface area contributed by atoms with E-state index in [4.69, 9.17) is 15.0 Å². The molecule has 0 saturated carbocycles. The van der Waals surface area contributed by atoms with E-state index < -0.39 is 0 Å². The molecule has 62 heavy (non-hydrogen) atoms. The number of hydrogen-bond acceptors (Lipinski definition) is 3. The fourth-order valence-electron chi connectivity index (χ4n) is 9.90. The number of para-hydroxylation sites is 3. The summed E-state index contributed by atoms with van der Waals surface area (Å²) in [5.41, 5.74) is 13.8. The minimum Gasteiger partial charge on any atom is -0.309 e. The van der Waals surface area contributed by atoms with Gasteiger partial charge in [-0.1, -0.05) is 158 Å². The second kappa shape index (κ2) is 13.6. The molecule has 0 aliphatic rings. The molecule has 0 saturated heterocycles. The average molecular weight is 790 g/mol. The van der Waals surface area contributed by atoms with Crippen molar-refractivity contribution in [2.24, 2.45) is 0 Å². The molecule has 288 valence electrons. The fraction of sp³-hybridized carbons (Fsp3) is 0. The van der Waals surface area contributed by atoms with Gasteiger partial charge in [-0.25, -0.2) is 9.97 Å². The zero-order valence-corrected chi connectivity index (χ0v) is 33.4. The van der Waals surface area contributed by atoms with Crippen LogP contribution in [0.5, 0.6) is 0 Å². The Morgan fingerprint density at radius 2 is 0.855 bits per heavy atom. The van der Waals surface area contributed by atoms with E-state index in [1.54, 1.807) is 0 Å². The van der Waals surface area contributed by atoms with Gasteiger partial charge in [-0.2, -0.15) is 0 Å². The number of pyridine rings is 1. The van der Waals surface area contributed by atoms with Crippen molar-refractivity contribution in [2.75, 3.05) is 0 Å². The molecular weight excluding hydrogens is 755 g/mol. The number of benzene rings is 9. The predicted molar refractivity (Wildman–Crippen MR) is 257 cm³/mol. The van der Waals surface area contributed by atoms with Gasteiger partial charge in [0.25, 0.3) is 0 Å². The summed E-state index contributed by atoms with van der Waals surface area (Å²) in [4.78, 5) is 15.4. The van der Waals surface area contributed by atoms with E-state index in [9.17, 15) is 0 Å². The predicted octanol–water partition coefficient (Wildman–Crippen LogP) is 14.5. The highest BCUT2D eigenvalue weighted by atomic mass is 15.2. The Bertz CT molecular complexity index is 3900. The molecule has 9 aromatic carbocycles. The first kappa shape index (κ1) is 34.5. The first-order valence-electron chi connectivity index (χ1n) is 21.0. The van der Waals surface area contributed by atoms with Gasteiger partial charge in [0, 0.05) is 39.0 Å². The first-order valence-corrected chi connectivity index (χ1v) is 21.0. The molecule has 0 N–H and O–H groups in total. The van der Waals surface area contributed by atoms with Crippen LogP contribution < -0.4 is 0 Å². The maximum atomic E-state index is 5.35. The fourth-order valence-corrected chi connectivity index (χ4v) is 9.90. The zero-order chi connectivity index (χ0) is 40.7. The highest BCUT2D eigenvalue weighted by Gasteiger charge is 2.21. The minimum absolute atomic E-state index is 0.613. The van der Waals surface area contributed by atoms with Crippen molar-refractivity contribution in [3.8, 4) is 45.1 Å². The van der Waals surface area contributed by atoms with E-state index >= 15 is 0 Å². The third kappa shape index (κ3) is 5.12. The molecule has 0 aliphatic heterocycles. The van der Waals surface area contributed by atoms with Gasteiger partial charge in [0.2, 0.25) is 5.95 Å². The number of fused-ring (bicyclic) bond motifs is 11. The van der Waals surface area contributed by atoms with Crippen LogP contribution >= 0.6 is 0 Å². The van der Waals surface area contributed by atoms with Crippen molar-refractivity contribution in [1.82, 2.24) is 24.1 Å². The zero-order valence-electron chi connectivity index (χ0n) is 33.4. The Balaban J connectivity index is 1.02. The Morgan fingerprint density at radius 1 is 0.323 bits per heavy atom. The van der Waals surface area contributed by atoms with Gasteiger partial charge in [-0.15, -0.1) is 0 Å². The van der Waals surface area contributed by atoms with Crippen LogP contribution in [0.3, 0.4) is 0 Å². The van der Waals surface area contributed by atoms with Crippen LogP contribution in [0.15, 0.2) is 212 Å². The Morgan fingerprint density at radius 3 is 1.52 bits per heavy atom. The molecule has 0 bridgehead atoms. The topological polar surface area (TPSA) is 48.5 Å². The van der Waals surface area contributed by atoms with E-state index in [1.807, 2.05) is 24.4 Å². The molecule has 5 heteroatoms. The molecule has 0 unspecified atom stereocenters. The van der Waals surface area contributed by atoms with Crippen LogP contribution in [0, 0.1) is 0 Å². The number of aromatic nitrogens is 5. The molecule has 0 spiro atoms. The molecule has 13 rings (SSSR count). The van der Waals surface area contributed by atoms with E-state index in [1.165, 1.54) is 65.4 Å². The van der Waals surface area contributed by atoms with E-state index in [2.05, 4.69) is 197 Å². The number of hydrogen-bond donors (Lipinski definition) is 0. The van der Waals surface area contributed by atoms with Crippen molar-refractivity contribution in [3.05, 3.63) is 212 Å². The SMILES string of the molecule is c1ccc(-c2ccc(-c3nc(-n4c5ccccc5c5c6cccc(-c7cccc8c7ccc7c8c8ccccc8n7-c7ccccc7)c6ccc54)nc4cccnc34)cc2)cc1. The number of nitrogens with zero attached hydrogens (tertiary/aromatic N) is 5. The molecule has 0 atom stereocenters. The summed E-state index contributed by atoms with van der Waals surface area (Å²) in [6.07, 6.45) is 1.82. The summed E-state index contributed by atoms with van der Waals surface area (Å²) < 4.78 is 4.61. The molecule has 0 aliphatic carbocycles. The lowest BCUT2D eigenvalue weighted by Gasteiger charge is -2.13. The van der Waals surface area contributed by atoms with Crippen LogP contribution in [0.25, 0.3) is 121 Å². The summed E-state index contributed by atoms with van der Waals surface area (Å²) in [7, 11) is 0. The molecule has 0 amide bonds. The Hall–Kier alpha value is -8.41. The van der Waals surface area contributed by atoms with Crippen LogP contribution in [0.1, 0.15) is 0 Å². The van der Waals surface area contributed by atoms with E-state index in [0.29, 0.717) is 5.95 Å². The minimum atomic E-state index is 0.613. The van der Waals surface area contributed by atoms with Gasteiger partial charge in [-0.05, 0) is 92.3 Å². The largest absolute Gasteiger partial charge is 0.309 e. The second-order valence-corrected chi connectivity index (χ2v) is 15.9. The summed E-state index contributed by atoms with van der Waals surface area (Å²) in [5, 5.41) is 9.71. The van der Waals surface area contributed by atoms with E-state index in [0.717, 1.165) is 50.0 Å². The lowest BCUT2D eigenvalue weighted by Crippen LogP contribution is -2.04. The lowest BCUT2D eigenvalue weighted by molar-refractivity contribution is 1.01. The van der Waals surface area contributed by atoms with Crippen LogP contribution in [0.2, 0.25) is 0 Å². The summed E-state index contributed by atoms with van der Waals surface area (Å²) in [5.74, 6) is 0.613. The smallest absolute Gasteiger partial charge is 0.235 e. The third-order valence-electron chi connectivity index (χ3n) is 12.6. The van der Waals surface area contributed by atoms with Crippen molar-refractivity contribution in [1.29, 1.82) is 0 Å². The first-order chi connectivity index (χ1) is 30.8. The monoisotopic (exact) mass is 789 g/mol. The van der Waals surface area contributed by atoms with Gasteiger partial charge in [0.05, 0.1) is 27.6 Å². The molecule has 0 radical (unpaired) electrons. The van der Waals surface area contributed by atoms with Crippen LogP contribution in [-0.4, -0.2) is 24.1 Å². The average Bonchev–Trinajstić information content (AvgIpc) is 3.87. The van der Waals surface area contributed by atoms with Gasteiger partial charge in [0.1, 0.15) is 11.2 Å². The molecular formula is C57H35N5. The van der Waals surface area contributed by atoms with Crippen LogP contribution in [-0.2, 0) is 0 Å². The molecule has 0 fully saturated rings. The lowest BCUT2D eigenvalue weighted by atomic mass is 9.91. The summed E-state index contributed by atoms with van der Waals surface area (Å²) in [6.45, 7) is 0. The van der Waals surface area contributed by atoms with Gasteiger partial charge in [0.15, 0.2) is 0 Å². The Kier molecular flexibility index (Phi) is 7.54. The summed E-state index contributed by atoms with van der Waals surface area (Å²) >= 11 is 0. The normalized spacial score (nSPS) is 11.9. The maximum Gasteiger partial charge on any atom is 0.235 e. The standard InChI is InChI=1S/C57H35N5/c1-3-14-36(15-4-1)37-27-29-38(30-28-37)55-56-48(24-13-35-58-56)59-57(60-55)62-50-26-10-8-19-47(50)54-45-23-12-21-41(43(45)32-34-52(54)62)40-20-11-22-44-42(40)31-33-51-53(44)46-18-7-9-25-49(46)61(51)39-16-5-2-6-17-39/h1-35H. The Labute approximate surface area is 356 Å². The molecule has 4 aromatic heterocycles. The highest BCUT2D eigenvalue weighted by molar-refractivity contribution is 6.26. The second-order valence-electron chi connectivity index (χ2n) is 15.9. The quantitative estimate of drug-likeness (QED) is 0.174. The van der Waals surface area contributed by atoms with Crippen molar-refractivity contribution in [3.63, 3.8) is 0 Å². The van der Waals surface area contributed by atoms with Crippen molar-refractivity contribution >= 4 is 76.2 Å². The van der Waals surface area contributed by atoms with Crippen molar-refractivity contribution in [2.45, 2.75) is 0 Å². The van der Waals surface area contributed by atoms with Crippen molar-refractivity contribution < 1.29 is 0 Å². The van der Waals surface area contributed by atoms with Gasteiger partial charge < -0.3 is 4.57 Å². The highest BCUT2D eigenvalue weighted by Crippen LogP contribution is 2.44. The van der Waals surface area contributed by atoms with Gasteiger partial charge in [-0.3, -0.25) is 9.55 Å². The summed E-state index contributed by atoms with van der Waals surface area (Å²) in [6, 6.07) is 73.8.